The van der Waals surface area contributed by atoms with Gasteiger partial charge in [-0.3, -0.25) is 11.3 Å². The number of hydrogen-bond donors (Lipinski definition) is 2. The van der Waals surface area contributed by atoms with Crippen LogP contribution in [0.3, 0.4) is 0 Å². The minimum Gasteiger partial charge on any atom is -0.377 e. The Bertz CT molecular complexity index is 211. The Hall–Kier alpha value is -0.120. The Morgan fingerprint density at radius 2 is 1.72 bits per heavy atom. The fourth-order valence-corrected chi connectivity index (χ4v) is 3.25. The molecule has 1 rings (SSSR count). The van der Waals surface area contributed by atoms with Gasteiger partial charge in [-0.2, -0.15) is 0 Å². The molecular weight excluding hydrogens is 224 g/mol. The van der Waals surface area contributed by atoms with Crippen LogP contribution in [0.2, 0.25) is 0 Å². The Kier molecular flexibility index (Phi) is 7.20. The second kappa shape index (κ2) is 8.13. The third-order valence-electron chi connectivity index (χ3n) is 4.47. The number of methoxy groups -OCH3 is 1. The fraction of sp³-hybridized carbons (Fsp3) is 1.00. The number of nitrogens with one attached hydrogen (secondary N) is 1. The lowest BCUT2D eigenvalue weighted by Crippen LogP contribution is -2.54. The summed E-state index contributed by atoms with van der Waals surface area (Å²) in [7, 11) is 1.86. The van der Waals surface area contributed by atoms with Crippen LogP contribution < -0.4 is 11.3 Å². The molecule has 1 unspecified atom stereocenters. The Morgan fingerprint density at radius 3 is 2.17 bits per heavy atom. The molecule has 3 nitrogen and oxygen atoms in total. The lowest BCUT2D eigenvalue weighted by atomic mass is 9.83. The molecule has 0 aromatic heterocycles. The number of hydrogen-bond acceptors (Lipinski definition) is 3. The van der Waals surface area contributed by atoms with Gasteiger partial charge in [-0.05, 0) is 25.2 Å². The highest BCUT2D eigenvalue weighted by Gasteiger charge is 2.38. The summed E-state index contributed by atoms with van der Waals surface area (Å²) in [5.41, 5.74) is 3.01. The average molecular weight is 256 g/mol. The van der Waals surface area contributed by atoms with Crippen LogP contribution in [-0.4, -0.2) is 18.8 Å². The van der Waals surface area contributed by atoms with Gasteiger partial charge in [-0.15, -0.1) is 0 Å². The van der Waals surface area contributed by atoms with Crippen molar-refractivity contribution in [2.24, 2.45) is 11.8 Å². The molecule has 1 atom stereocenters. The Labute approximate surface area is 113 Å². The summed E-state index contributed by atoms with van der Waals surface area (Å²) in [5, 5.41) is 0. The molecule has 3 heteroatoms. The quantitative estimate of drug-likeness (QED) is 0.417. The van der Waals surface area contributed by atoms with Crippen molar-refractivity contribution in [3.63, 3.8) is 0 Å². The predicted octanol–water partition coefficient (Wildman–Crippen LogP) is 3.38. The number of hydrazine groups is 1. The van der Waals surface area contributed by atoms with Gasteiger partial charge < -0.3 is 4.74 Å². The maximum Gasteiger partial charge on any atom is 0.0844 e. The zero-order valence-corrected chi connectivity index (χ0v) is 12.5. The zero-order chi connectivity index (χ0) is 13.4. The molecule has 1 fully saturated rings. The molecule has 1 aliphatic rings. The third-order valence-corrected chi connectivity index (χ3v) is 4.47. The van der Waals surface area contributed by atoms with Gasteiger partial charge in [0.2, 0.25) is 0 Å². The first kappa shape index (κ1) is 15.9. The molecule has 0 aromatic rings. The van der Waals surface area contributed by atoms with E-state index in [1.807, 2.05) is 7.11 Å². The third kappa shape index (κ3) is 4.52. The van der Waals surface area contributed by atoms with Crippen molar-refractivity contribution in [2.45, 2.75) is 83.3 Å². The molecule has 18 heavy (non-hydrogen) atoms. The van der Waals surface area contributed by atoms with E-state index in [1.54, 1.807) is 0 Å². The van der Waals surface area contributed by atoms with Crippen LogP contribution in [-0.2, 0) is 4.74 Å². The van der Waals surface area contributed by atoms with Crippen molar-refractivity contribution < 1.29 is 4.74 Å². The van der Waals surface area contributed by atoms with E-state index in [0.717, 1.165) is 25.2 Å². The van der Waals surface area contributed by atoms with Crippen LogP contribution >= 0.6 is 0 Å². The van der Waals surface area contributed by atoms with Crippen LogP contribution in [0.25, 0.3) is 0 Å². The van der Waals surface area contributed by atoms with Crippen LogP contribution in [0.5, 0.6) is 0 Å². The molecule has 0 amide bonds. The maximum atomic E-state index is 5.93. The molecule has 0 bridgehead atoms. The molecule has 0 saturated heterocycles. The molecule has 1 saturated carbocycles. The molecule has 3 N–H and O–H groups in total. The fourth-order valence-electron chi connectivity index (χ4n) is 3.25. The molecule has 0 radical (unpaired) electrons. The van der Waals surface area contributed by atoms with Gasteiger partial charge in [0.15, 0.2) is 0 Å². The minimum atomic E-state index is -0.0256. The molecule has 0 aliphatic heterocycles. The van der Waals surface area contributed by atoms with E-state index >= 15 is 0 Å². The van der Waals surface area contributed by atoms with Crippen molar-refractivity contribution in [3.05, 3.63) is 0 Å². The number of rotatable bonds is 7. The van der Waals surface area contributed by atoms with Crippen molar-refractivity contribution in [1.82, 2.24) is 5.43 Å². The lowest BCUT2D eigenvalue weighted by Gasteiger charge is -2.39. The first-order chi connectivity index (χ1) is 8.64. The first-order valence-corrected chi connectivity index (χ1v) is 7.66. The summed E-state index contributed by atoms with van der Waals surface area (Å²) in [6, 6.07) is 0.305. The molecule has 0 heterocycles. The van der Waals surface area contributed by atoms with Crippen LogP contribution in [0.1, 0.15) is 71.6 Å². The van der Waals surface area contributed by atoms with Gasteiger partial charge in [-0.1, -0.05) is 52.4 Å². The molecular formula is C15H32N2O. The Balaban J connectivity index is 2.57. The molecule has 0 aromatic carbocycles. The Morgan fingerprint density at radius 1 is 1.11 bits per heavy atom. The predicted molar refractivity (Wildman–Crippen MR) is 77.2 cm³/mol. The average Bonchev–Trinajstić information content (AvgIpc) is 2.60. The highest BCUT2D eigenvalue weighted by molar-refractivity contribution is 4.93. The normalized spacial score (nSPS) is 21.8. The standard InChI is InChI=1S/C15H32N2O/c1-13(2)9-8-10-14(17-16)15(18-3)11-6-4-5-7-12-15/h13-14,17H,4-12,16H2,1-3H3. The van der Waals surface area contributed by atoms with Crippen molar-refractivity contribution in [3.8, 4) is 0 Å². The lowest BCUT2D eigenvalue weighted by molar-refractivity contribution is -0.0554. The van der Waals surface area contributed by atoms with Crippen LogP contribution in [0, 0.1) is 5.92 Å². The van der Waals surface area contributed by atoms with Gasteiger partial charge in [0.25, 0.3) is 0 Å². The summed E-state index contributed by atoms with van der Waals surface area (Å²) >= 11 is 0. The monoisotopic (exact) mass is 256 g/mol. The SMILES string of the molecule is COC1(C(CCCC(C)C)NN)CCCCCC1. The highest BCUT2D eigenvalue weighted by atomic mass is 16.5. The summed E-state index contributed by atoms with van der Waals surface area (Å²) in [6.45, 7) is 4.56. The van der Waals surface area contributed by atoms with E-state index < -0.39 is 0 Å². The van der Waals surface area contributed by atoms with Crippen LogP contribution in [0.15, 0.2) is 0 Å². The molecule has 108 valence electrons. The maximum absolute atomic E-state index is 5.93. The van der Waals surface area contributed by atoms with E-state index in [0.29, 0.717) is 6.04 Å². The van der Waals surface area contributed by atoms with Crippen molar-refractivity contribution in [1.29, 1.82) is 0 Å². The smallest absolute Gasteiger partial charge is 0.0844 e. The van der Waals surface area contributed by atoms with Gasteiger partial charge in [0, 0.05) is 7.11 Å². The van der Waals surface area contributed by atoms with E-state index in [2.05, 4.69) is 19.3 Å². The van der Waals surface area contributed by atoms with Gasteiger partial charge in [-0.25, -0.2) is 0 Å². The minimum absolute atomic E-state index is 0.0256. The van der Waals surface area contributed by atoms with E-state index in [4.69, 9.17) is 10.6 Å². The number of ether oxygens (including phenoxy) is 1. The van der Waals surface area contributed by atoms with Crippen LogP contribution in [0.4, 0.5) is 0 Å². The van der Waals surface area contributed by atoms with Crippen molar-refractivity contribution in [2.75, 3.05) is 7.11 Å². The second-order valence-electron chi connectivity index (χ2n) is 6.23. The zero-order valence-electron chi connectivity index (χ0n) is 12.5. The van der Waals surface area contributed by atoms with Gasteiger partial charge in [0.05, 0.1) is 11.6 Å². The summed E-state index contributed by atoms with van der Waals surface area (Å²) in [4.78, 5) is 0. The van der Waals surface area contributed by atoms with Gasteiger partial charge >= 0.3 is 0 Å². The summed E-state index contributed by atoms with van der Waals surface area (Å²) in [5.74, 6) is 6.58. The summed E-state index contributed by atoms with van der Waals surface area (Å²) in [6.07, 6.45) is 11.2. The van der Waals surface area contributed by atoms with Crippen molar-refractivity contribution >= 4 is 0 Å². The summed E-state index contributed by atoms with van der Waals surface area (Å²) < 4.78 is 5.93. The second-order valence-corrected chi connectivity index (χ2v) is 6.23. The van der Waals surface area contributed by atoms with E-state index in [1.165, 1.54) is 38.5 Å². The topological polar surface area (TPSA) is 47.3 Å². The first-order valence-electron chi connectivity index (χ1n) is 7.66. The van der Waals surface area contributed by atoms with E-state index in [-0.39, 0.29) is 5.60 Å². The largest absolute Gasteiger partial charge is 0.377 e. The molecule has 0 spiro atoms. The van der Waals surface area contributed by atoms with Gasteiger partial charge in [0.1, 0.15) is 0 Å². The number of nitrogens with two attached hydrogens (primary N) is 1. The molecule has 1 aliphatic carbocycles. The highest BCUT2D eigenvalue weighted by Crippen LogP contribution is 2.34. The van der Waals surface area contributed by atoms with E-state index in [9.17, 15) is 0 Å².